The number of para-hydroxylation sites is 1. The van der Waals surface area contributed by atoms with Crippen LogP contribution < -0.4 is 11.1 Å². The lowest BCUT2D eigenvalue weighted by atomic mass is 10.1. The second-order valence-corrected chi connectivity index (χ2v) is 6.12. The van der Waals surface area contributed by atoms with Crippen molar-refractivity contribution in [1.29, 1.82) is 0 Å². The Morgan fingerprint density at radius 3 is 2.53 bits per heavy atom. The van der Waals surface area contributed by atoms with E-state index in [-0.39, 0.29) is 17.2 Å². The number of ketones is 1. The summed E-state index contributed by atoms with van der Waals surface area (Å²) in [4.78, 5) is 23.2. The zero-order chi connectivity index (χ0) is 14.5. The summed E-state index contributed by atoms with van der Waals surface area (Å²) in [5.74, 6) is 0.844. The molecule has 0 bridgehead atoms. The molecule has 0 atom stereocenters. The van der Waals surface area contributed by atoms with Gasteiger partial charge in [-0.25, -0.2) is 0 Å². The summed E-state index contributed by atoms with van der Waals surface area (Å²) in [5, 5.41) is 2.76. The number of benzene rings is 1. The molecule has 0 aliphatic carbocycles. The standard InChI is InChI=1S/C14H20N2O2S/c1-10(17)11-6-4-5-7-12(11)16-13(18)8-19-9-14(2,3)15/h4-7H,8-9,15H2,1-3H3,(H,16,18). The lowest BCUT2D eigenvalue weighted by Crippen LogP contribution is -2.35. The Morgan fingerprint density at radius 1 is 1.32 bits per heavy atom. The first-order chi connectivity index (χ1) is 8.79. The fourth-order valence-electron chi connectivity index (χ4n) is 1.49. The van der Waals surface area contributed by atoms with Crippen LogP contribution in [0.25, 0.3) is 0 Å². The van der Waals surface area contributed by atoms with Crippen LogP contribution in [0.2, 0.25) is 0 Å². The Bertz CT molecular complexity index is 467. The first-order valence-electron chi connectivity index (χ1n) is 6.06. The van der Waals surface area contributed by atoms with Gasteiger partial charge in [0.25, 0.3) is 0 Å². The van der Waals surface area contributed by atoms with Crippen molar-refractivity contribution >= 4 is 29.1 Å². The average Bonchev–Trinajstić information content (AvgIpc) is 2.27. The first-order valence-corrected chi connectivity index (χ1v) is 7.21. The topological polar surface area (TPSA) is 72.2 Å². The molecule has 0 aromatic heterocycles. The van der Waals surface area contributed by atoms with Crippen molar-refractivity contribution in [2.45, 2.75) is 26.3 Å². The van der Waals surface area contributed by atoms with Gasteiger partial charge in [-0.05, 0) is 32.9 Å². The number of hydrogen-bond acceptors (Lipinski definition) is 4. The van der Waals surface area contributed by atoms with E-state index >= 15 is 0 Å². The molecule has 1 amide bonds. The number of nitrogens with one attached hydrogen (secondary N) is 1. The number of carbonyl (C=O) groups excluding carboxylic acids is 2. The van der Waals surface area contributed by atoms with Crippen LogP contribution in [-0.4, -0.2) is 28.7 Å². The van der Waals surface area contributed by atoms with Gasteiger partial charge in [0, 0.05) is 16.9 Å². The number of nitrogens with two attached hydrogens (primary N) is 1. The van der Waals surface area contributed by atoms with Crippen LogP contribution in [0, 0.1) is 0 Å². The second-order valence-electron chi connectivity index (χ2n) is 5.13. The third-order valence-corrected chi connectivity index (χ3v) is 3.70. The van der Waals surface area contributed by atoms with Crippen LogP contribution in [0.1, 0.15) is 31.1 Å². The van der Waals surface area contributed by atoms with Crippen LogP contribution in [-0.2, 0) is 4.79 Å². The number of thioether (sulfide) groups is 1. The van der Waals surface area contributed by atoms with Gasteiger partial charge < -0.3 is 11.1 Å². The van der Waals surface area contributed by atoms with Crippen molar-refractivity contribution in [3.8, 4) is 0 Å². The van der Waals surface area contributed by atoms with E-state index in [0.29, 0.717) is 22.8 Å². The molecule has 4 nitrogen and oxygen atoms in total. The molecule has 0 saturated carbocycles. The quantitative estimate of drug-likeness (QED) is 0.784. The minimum Gasteiger partial charge on any atom is -0.325 e. The number of carbonyl (C=O) groups is 2. The zero-order valence-corrected chi connectivity index (χ0v) is 12.3. The van der Waals surface area contributed by atoms with E-state index in [2.05, 4.69) is 5.32 Å². The van der Waals surface area contributed by atoms with Gasteiger partial charge >= 0.3 is 0 Å². The molecular weight excluding hydrogens is 260 g/mol. The molecule has 0 fully saturated rings. The minimum absolute atomic E-state index is 0.0633. The van der Waals surface area contributed by atoms with E-state index in [9.17, 15) is 9.59 Å². The molecule has 0 saturated heterocycles. The van der Waals surface area contributed by atoms with Crippen molar-refractivity contribution in [3.05, 3.63) is 29.8 Å². The molecule has 1 rings (SSSR count). The van der Waals surface area contributed by atoms with Crippen molar-refractivity contribution in [1.82, 2.24) is 0 Å². The van der Waals surface area contributed by atoms with Crippen molar-refractivity contribution < 1.29 is 9.59 Å². The SMILES string of the molecule is CC(=O)c1ccccc1NC(=O)CSCC(C)(C)N. The highest BCUT2D eigenvalue weighted by Crippen LogP contribution is 2.16. The molecule has 104 valence electrons. The highest BCUT2D eigenvalue weighted by Gasteiger charge is 2.13. The van der Waals surface area contributed by atoms with Crippen LogP contribution in [0.15, 0.2) is 24.3 Å². The summed E-state index contributed by atoms with van der Waals surface area (Å²) in [6.45, 7) is 5.32. The summed E-state index contributed by atoms with van der Waals surface area (Å²) in [5.41, 5.74) is 6.64. The summed E-state index contributed by atoms with van der Waals surface area (Å²) < 4.78 is 0. The summed E-state index contributed by atoms with van der Waals surface area (Å²) >= 11 is 1.48. The third-order valence-electron chi connectivity index (χ3n) is 2.29. The molecule has 19 heavy (non-hydrogen) atoms. The Labute approximate surface area is 118 Å². The largest absolute Gasteiger partial charge is 0.325 e. The van der Waals surface area contributed by atoms with E-state index in [1.54, 1.807) is 24.3 Å². The van der Waals surface area contributed by atoms with Gasteiger partial charge in [0.1, 0.15) is 0 Å². The van der Waals surface area contributed by atoms with Gasteiger partial charge in [0.2, 0.25) is 5.91 Å². The average molecular weight is 280 g/mol. The van der Waals surface area contributed by atoms with Crippen LogP contribution >= 0.6 is 11.8 Å². The maximum atomic E-state index is 11.8. The highest BCUT2D eigenvalue weighted by atomic mass is 32.2. The van der Waals surface area contributed by atoms with Gasteiger partial charge in [0.15, 0.2) is 5.78 Å². The normalized spacial score (nSPS) is 11.2. The molecule has 0 aliphatic rings. The van der Waals surface area contributed by atoms with E-state index in [1.165, 1.54) is 18.7 Å². The minimum atomic E-state index is -0.289. The molecule has 1 aromatic carbocycles. The number of Topliss-reactive ketones (excluding diaryl/α,β-unsaturated/α-hetero) is 1. The maximum absolute atomic E-state index is 11.8. The third kappa shape index (κ3) is 5.89. The summed E-state index contributed by atoms with van der Waals surface area (Å²) in [6, 6.07) is 7.00. The fourth-order valence-corrected chi connectivity index (χ4v) is 2.38. The smallest absolute Gasteiger partial charge is 0.234 e. The lowest BCUT2D eigenvalue weighted by molar-refractivity contribution is -0.113. The summed E-state index contributed by atoms with van der Waals surface area (Å²) in [7, 11) is 0. The number of anilines is 1. The number of rotatable bonds is 6. The Kier molecular flexibility index (Phi) is 5.57. The number of amides is 1. The Morgan fingerprint density at radius 2 is 1.95 bits per heavy atom. The van der Waals surface area contributed by atoms with E-state index in [0.717, 1.165) is 0 Å². The molecule has 3 N–H and O–H groups in total. The molecule has 0 aliphatic heterocycles. The molecule has 0 heterocycles. The first kappa shape index (κ1) is 15.7. The summed E-state index contributed by atoms with van der Waals surface area (Å²) in [6.07, 6.45) is 0. The van der Waals surface area contributed by atoms with Gasteiger partial charge in [-0.1, -0.05) is 12.1 Å². The second kappa shape index (κ2) is 6.73. The monoisotopic (exact) mass is 280 g/mol. The van der Waals surface area contributed by atoms with Gasteiger partial charge in [-0.3, -0.25) is 9.59 Å². The molecular formula is C14H20N2O2S. The van der Waals surface area contributed by atoms with Crippen molar-refractivity contribution in [3.63, 3.8) is 0 Å². The lowest BCUT2D eigenvalue weighted by Gasteiger charge is -2.17. The molecule has 0 spiro atoms. The van der Waals surface area contributed by atoms with Gasteiger partial charge in [0.05, 0.1) is 11.4 Å². The predicted octanol–water partition coefficient (Wildman–Crippen LogP) is 2.30. The molecule has 5 heteroatoms. The van der Waals surface area contributed by atoms with Gasteiger partial charge in [-0.2, -0.15) is 11.8 Å². The molecule has 0 unspecified atom stereocenters. The number of hydrogen-bond donors (Lipinski definition) is 2. The van der Waals surface area contributed by atoms with Crippen molar-refractivity contribution in [2.24, 2.45) is 5.73 Å². The molecule has 1 aromatic rings. The van der Waals surface area contributed by atoms with Gasteiger partial charge in [-0.15, -0.1) is 0 Å². The van der Waals surface area contributed by atoms with E-state index in [4.69, 9.17) is 5.73 Å². The zero-order valence-electron chi connectivity index (χ0n) is 11.5. The van der Waals surface area contributed by atoms with Crippen molar-refractivity contribution in [2.75, 3.05) is 16.8 Å². The van der Waals surface area contributed by atoms with Crippen LogP contribution in [0.5, 0.6) is 0 Å². The Balaban J connectivity index is 2.56. The van der Waals surface area contributed by atoms with E-state index < -0.39 is 0 Å². The maximum Gasteiger partial charge on any atom is 0.234 e. The van der Waals surface area contributed by atoms with E-state index in [1.807, 2.05) is 13.8 Å². The van der Waals surface area contributed by atoms with Crippen LogP contribution in [0.4, 0.5) is 5.69 Å². The highest BCUT2D eigenvalue weighted by molar-refractivity contribution is 8.00. The Hall–Kier alpha value is -1.33. The fraction of sp³-hybridized carbons (Fsp3) is 0.429. The van der Waals surface area contributed by atoms with Crippen LogP contribution in [0.3, 0.4) is 0 Å². The predicted molar refractivity (Wildman–Crippen MR) is 80.7 cm³/mol. The molecule has 0 radical (unpaired) electrons.